The second kappa shape index (κ2) is 9.52. The van der Waals surface area contributed by atoms with Crippen LogP contribution in [-0.4, -0.2) is 11.3 Å². The Morgan fingerprint density at radius 3 is 1.90 bits per heavy atom. The van der Waals surface area contributed by atoms with E-state index in [-0.39, 0.29) is 0 Å². The summed E-state index contributed by atoms with van der Waals surface area (Å²) < 4.78 is 11.9. The normalized spacial score (nSPS) is 10.4. The van der Waals surface area contributed by atoms with E-state index in [1.54, 1.807) is 12.1 Å². The van der Waals surface area contributed by atoms with Gasteiger partial charge in [0.05, 0.1) is 0 Å². The van der Waals surface area contributed by atoms with Gasteiger partial charge in [-0.15, -0.1) is 0 Å². The topological polar surface area (TPSA) is 48.4 Å². The molecule has 0 aliphatic carbocycles. The molecule has 0 spiro atoms. The third-order valence-corrected chi connectivity index (χ3v) is 4.66. The third-order valence-electron chi connectivity index (χ3n) is 4.66. The maximum Gasteiger partial charge on any atom is 0.225 e. The number of nitrogens with zero attached hydrogens (tertiary/aromatic N) is 1. The number of rotatable bonds is 8. The van der Waals surface area contributed by atoms with Crippen LogP contribution in [0.2, 0.25) is 0 Å². The number of ether oxygens (including phenoxy) is 2. The average molecular weight is 395 g/mol. The van der Waals surface area contributed by atoms with Crippen LogP contribution >= 0.6 is 0 Å². The summed E-state index contributed by atoms with van der Waals surface area (Å²) in [6.45, 7) is 0.780. The van der Waals surface area contributed by atoms with E-state index in [9.17, 15) is 4.79 Å². The number of aldehydes is 1. The number of carbonyl (C=O) groups excluding carboxylic acids is 1. The summed E-state index contributed by atoms with van der Waals surface area (Å²) in [5.74, 6) is 0.896. The molecule has 0 aliphatic rings. The van der Waals surface area contributed by atoms with E-state index in [4.69, 9.17) is 9.47 Å². The zero-order chi connectivity index (χ0) is 20.6. The van der Waals surface area contributed by atoms with E-state index in [1.165, 1.54) is 0 Å². The molecule has 0 fully saturated rings. The molecule has 4 rings (SSSR count). The van der Waals surface area contributed by atoms with Crippen molar-refractivity contribution in [3.63, 3.8) is 0 Å². The Hall–Kier alpha value is -3.92. The van der Waals surface area contributed by atoms with Crippen molar-refractivity contribution in [3.8, 4) is 22.9 Å². The molecule has 0 atom stereocenters. The highest BCUT2D eigenvalue weighted by atomic mass is 16.5. The predicted molar refractivity (Wildman–Crippen MR) is 117 cm³/mol. The zero-order valence-electron chi connectivity index (χ0n) is 16.4. The molecule has 0 bridgehead atoms. The van der Waals surface area contributed by atoms with Crippen molar-refractivity contribution < 1.29 is 14.3 Å². The molecule has 3 aromatic carbocycles. The van der Waals surface area contributed by atoms with Gasteiger partial charge in [0.2, 0.25) is 11.8 Å². The summed E-state index contributed by atoms with van der Waals surface area (Å²) >= 11 is 0. The zero-order valence-corrected chi connectivity index (χ0v) is 16.4. The smallest absolute Gasteiger partial charge is 0.225 e. The van der Waals surface area contributed by atoms with Gasteiger partial charge in [-0.25, -0.2) is 0 Å². The van der Waals surface area contributed by atoms with E-state index in [2.05, 4.69) is 4.98 Å². The molecule has 4 aromatic rings. The Morgan fingerprint density at radius 1 is 0.633 bits per heavy atom. The first kappa shape index (κ1) is 19.4. The van der Waals surface area contributed by atoms with Gasteiger partial charge in [-0.3, -0.25) is 4.79 Å². The van der Waals surface area contributed by atoms with Crippen LogP contribution in [0.5, 0.6) is 11.8 Å². The van der Waals surface area contributed by atoms with Crippen LogP contribution in [0.3, 0.4) is 0 Å². The van der Waals surface area contributed by atoms with Gasteiger partial charge < -0.3 is 9.47 Å². The Bertz CT molecular complexity index is 1110. The molecule has 148 valence electrons. The van der Waals surface area contributed by atoms with Crippen molar-refractivity contribution in [1.82, 2.24) is 4.98 Å². The summed E-state index contributed by atoms with van der Waals surface area (Å²) in [6, 6.07) is 30.9. The molecule has 0 aliphatic heterocycles. The van der Waals surface area contributed by atoms with Gasteiger partial charge in [0.1, 0.15) is 13.2 Å². The van der Waals surface area contributed by atoms with E-state index in [0.717, 1.165) is 28.5 Å². The minimum absolute atomic E-state index is 0.367. The van der Waals surface area contributed by atoms with E-state index >= 15 is 0 Å². The molecular formula is C26H21NO3. The molecule has 0 radical (unpaired) electrons. The summed E-state index contributed by atoms with van der Waals surface area (Å²) in [4.78, 5) is 16.1. The summed E-state index contributed by atoms with van der Waals surface area (Å²) in [5.41, 5.74) is 4.20. The Kier molecular flexibility index (Phi) is 6.16. The van der Waals surface area contributed by atoms with Gasteiger partial charge in [-0.05, 0) is 22.8 Å². The fourth-order valence-electron chi connectivity index (χ4n) is 3.12. The minimum Gasteiger partial charge on any atom is -0.473 e. The highest BCUT2D eigenvalue weighted by molar-refractivity contribution is 5.88. The molecule has 0 saturated heterocycles. The molecule has 0 N–H and O–H groups in total. The lowest BCUT2D eigenvalue weighted by Gasteiger charge is -2.14. The lowest BCUT2D eigenvalue weighted by atomic mass is 10.0. The molecule has 0 amide bonds. The molecule has 4 heteroatoms. The van der Waals surface area contributed by atoms with Crippen LogP contribution < -0.4 is 9.47 Å². The van der Waals surface area contributed by atoms with Crippen molar-refractivity contribution in [3.05, 3.63) is 114 Å². The fourth-order valence-corrected chi connectivity index (χ4v) is 3.12. The lowest BCUT2D eigenvalue weighted by molar-refractivity contribution is 0.112. The fraction of sp³-hybridized carbons (Fsp3) is 0.0769. The first-order valence-corrected chi connectivity index (χ1v) is 9.72. The highest BCUT2D eigenvalue weighted by Gasteiger charge is 2.14. The Labute approximate surface area is 175 Å². The number of hydrogen-bond donors (Lipinski definition) is 0. The third kappa shape index (κ3) is 4.73. The van der Waals surface area contributed by atoms with Crippen molar-refractivity contribution in [2.75, 3.05) is 0 Å². The predicted octanol–water partition coefficient (Wildman–Crippen LogP) is 5.72. The molecule has 0 unspecified atom stereocenters. The average Bonchev–Trinajstić information content (AvgIpc) is 2.83. The van der Waals surface area contributed by atoms with Crippen LogP contribution in [0.1, 0.15) is 21.5 Å². The maximum atomic E-state index is 11.5. The van der Waals surface area contributed by atoms with Gasteiger partial charge in [0.15, 0.2) is 6.29 Å². The van der Waals surface area contributed by atoms with Crippen LogP contribution in [0.4, 0.5) is 0 Å². The Morgan fingerprint density at radius 2 is 1.23 bits per heavy atom. The monoisotopic (exact) mass is 395 g/mol. The number of benzene rings is 3. The first-order chi connectivity index (χ1) is 14.8. The summed E-state index contributed by atoms with van der Waals surface area (Å²) in [7, 11) is 0. The van der Waals surface area contributed by atoms with Crippen LogP contribution in [0.25, 0.3) is 11.1 Å². The molecule has 1 heterocycles. The molecule has 4 nitrogen and oxygen atoms in total. The summed E-state index contributed by atoms with van der Waals surface area (Å²) in [5, 5.41) is 0. The van der Waals surface area contributed by atoms with E-state index in [0.29, 0.717) is 30.5 Å². The number of pyridine rings is 1. The number of carbonyl (C=O) groups is 1. The van der Waals surface area contributed by atoms with Crippen molar-refractivity contribution in [2.45, 2.75) is 13.2 Å². The van der Waals surface area contributed by atoms with E-state index < -0.39 is 0 Å². The Balaban J connectivity index is 1.63. The highest BCUT2D eigenvalue weighted by Crippen LogP contribution is 2.33. The maximum absolute atomic E-state index is 11.5. The first-order valence-electron chi connectivity index (χ1n) is 9.72. The van der Waals surface area contributed by atoms with Crippen LogP contribution in [-0.2, 0) is 13.2 Å². The molecule has 0 saturated carbocycles. The molecule has 30 heavy (non-hydrogen) atoms. The summed E-state index contributed by atoms with van der Waals surface area (Å²) in [6.07, 6.45) is 0.843. The van der Waals surface area contributed by atoms with Gasteiger partial charge in [-0.2, -0.15) is 4.98 Å². The van der Waals surface area contributed by atoms with Crippen LogP contribution in [0, 0.1) is 0 Å². The van der Waals surface area contributed by atoms with Crippen molar-refractivity contribution in [1.29, 1.82) is 0 Å². The van der Waals surface area contributed by atoms with Crippen molar-refractivity contribution in [2.24, 2.45) is 0 Å². The molecule has 1 aromatic heterocycles. The van der Waals surface area contributed by atoms with Crippen molar-refractivity contribution >= 4 is 6.29 Å². The van der Waals surface area contributed by atoms with Gasteiger partial charge in [-0.1, -0.05) is 84.9 Å². The number of hydrogen-bond acceptors (Lipinski definition) is 4. The van der Waals surface area contributed by atoms with E-state index in [1.807, 2.05) is 84.9 Å². The van der Waals surface area contributed by atoms with Crippen LogP contribution in [0.15, 0.2) is 97.1 Å². The quantitative estimate of drug-likeness (QED) is 0.358. The second-order valence-corrected chi connectivity index (χ2v) is 6.76. The van der Waals surface area contributed by atoms with Gasteiger partial charge >= 0.3 is 0 Å². The second-order valence-electron chi connectivity index (χ2n) is 6.76. The van der Waals surface area contributed by atoms with Gasteiger partial charge in [0.25, 0.3) is 0 Å². The van der Waals surface area contributed by atoms with Gasteiger partial charge in [0, 0.05) is 17.2 Å². The molecular weight excluding hydrogens is 374 g/mol. The SMILES string of the molecule is O=Cc1ccccc1-c1ccc(OCc2ccccc2)nc1OCc1ccccc1. The minimum atomic E-state index is 0.367. The lowest BCUT2D eigenvalue weighted by Crippen LogP contribution is -2.03. The largest absolute Gasteiger partial charge is 0.473 e. The number of aromatic nitrogens is 1. The standard InChI is InChI=1S/C26H21NO3/c28-17-22-13-7-8-14-23(22)24-15-16-25(29-18-20-9-3-1-4-10-20)27-26(24)30-19-21-11-5-2-6-12-21/h1-17H,18-19H2.